The minimum Gasteiger partial charge on any atom is -0.455 e. The zero-order valence-corrected chi connectivity index (χ0v) is 10.3. The molecule has 2 rings (SSSR count). The first-order chi connectivity index (χ1) is 8.45. The summed E-state index contributed by atoms with van der Waals surface area (Å²) in [5.74, 6) is 0.709. The monoisotopic (exact) mass is 266 g/mol. The van der Waals surface area contributed by atoms with E-state index in [-0.39, 0.29) is 16.2 Å². The smallest absolute Gasteiger partial charge is 0.267 e. The van der Waals surface area contributed by atoms with Gasteiger partial charge in [-0.1, -0.05) is 0 Å². The predicted octanol–water partition coefficient (Wildman–Crippen LogP) is 0.966. The van der Waals surface area contributed by atoms with Crippen molar-refractivity contribution in [1.82, 2.24) is 10.2 Å². The topological polar surface area (TPSA) is 89.1 Å². The third kappa shape index (κ3) is 2.95. The van der Waals surface area contributed by atoms with E-state index in [0.717, 1.165) is 6.26 Å². The highest BCUT2D eigenvalue weighted by atomic mass is 32.2. The molecular formula is C11H10N2O4S. The Labute approximate surface area is 103 Å². The lowest BCUT2D eigenvalue weighted by molar-refractivity contribution is 0.477. The van der Waals surface area contributed by atoms with Crippen LogP contribution in [0.5, 0.6) is 11.5 Å². The fraction of sp³-hybridized carbons (Fsp3) is 0.0909. The molecule has 0 spiro atoms. The van der Waals surface area contributed by atoms with Crippen LogP contribution in [0.3, 0.4) is 0 Å². The summed E-state index contributed by atoms with van der Waals surface area (Å²) >= 11 is 0. The molecule has 0 aliphatic rings. The Kier molecular flexibility index (Phi) is 3.15. The van der Waals surface area contributed by atoms with Crippen molar-refractivity contribution in [3.8, 4) is 11.5 Å². The molecule has 1 N–H and O–H groups in total. The molecule has 0 radical (unpaired) electrons. The fourth-order valence-corrected chi connectivity index (χ4v) is 1.94. The number of rotatable bonds is 3. The van der Waals surface area contributed by atoms with Crippen molar-refractivity contribution in [2.75, 3.05) is 6.26 Å². The summed E-state index contributed by atoms with van der Waals surface area (Å²) in [5.41, 5.74) is -0.375. The maximum absolute atomic E-state index is 11.3. The lowest BCUT2D eigenvalue weighted by atomic mass is 10.3. The molecule has 94 valence electrons. The molecule has 0 amide bonds. The zero-order chi connectivity index (χ0) is 13.2. The van der Waals surface area contributed by atoms with Crippen molar-refractivity contribution in [3.05, 3.63) is 46.9 Å². The van der Waals surface area contributed by atoms with E-state index in [1.165, 1.54) is 36.5 Å². The number of sulfone groups is 1. The molecule has 0 saturated heterocycles. The largest absolute Gasteiger partial charge is 0.455 e. The van der Waals surface area contributed by atoms with Crippen molar-refractivity contribution < 1.29 is 13.2 Å². The number of hydrogen-bond acceptors (Lipinski definition) is 5. The molecule has 0 fully saturated rings. The van der Waals surface area contributed by atoms with Crippen LogP contribution in [0.25, 0.3) is 0 Å². The molecule has 6 nitrogen and oxygen atoms in total. The Morgan fingerprint density at radius 3 is 2.39 bits per heavy atom. The Bertz CT molecular complexity index is 704. The van der Waals surface area contributed by atoms with Crippen molar-refractivity contribution in [2.24, 2.45) is 0 Å². The van der Waals surface area contributed by atoms with Gasteiger partial charge >= 0.3 is 0 Å². The van der Waals surface area contributed by atoms with Crippen LogP contribution in [0.4, 0.5) is 0 Å². The maximum atomic E-state index is 11.3. The van der Waals surface area contributed by atoms with Gasteiger partial charge in [-0.15, -0.1) is 0 Å². The van der Waals surface area contributed by atoms with Gasteiger partial charge in [0.25, 0.3) is 5.56 Å². The molecular weight excluding hydrogens is 256 g/mol. The highest BCUT2D eigenvalue weighted by Crippen LogP contribution is 2.20. The third-order valence-electron chi connectivity index (χ3n) is 2.13. The minimum absolute atomic E-state index is 0.207. The first-order valence-corrected chi connectivity index (χ1v) is 6.87. The summed E-state index contributed by atoms with van der Waals surface area (Å²) in [6.45, 7) is 0. The van der Waals surface area contributed by atoms with E-state index in [0.29, 0.717) is 5.75 Å². The van der Waals surface area contributed by atoms with E-state index < -0.39 is 9.84 Å². The number of hydrogen-bond donors (Lipinski definition) is 1. The maximum Gasteiger partial charge on any atom is 0.267 e. The number of H-pyrrole nitrogens is 1. The number of benzene rings is 1. The highest BCUT2D eigenvalue weighted by molar-refractivity contribution is 7.90. The quantitative estimate of drug-likeness (QED) is 0.894. The van der Waals surface area contributed by atoms with Crippen LogP contribution in [0.15, 0.2) is 46.2 Å². The second kappa shape index (κ2) is 4.61. The molecule has 1 heterocycles. The predicted molar refractivity (Wildman–Crippen MR) is 64.5 cm³/mol. The Morgan fingerprint density at radius 2 is 1.83 bits per heavy atom. The van der Waals surface area contributed by atoms with Crippen LogP contribution < -0.4 is 10.3 Å². The molecule has 0 saturated carbocycles. The number of aromatic nitrogens is 2. The zero-order valence-electron chi connectivity index (χ0n) is 9.45. The van der Waals surface area contributed by atoms with Gasteiger partial charge in [0.1, 0.15) is 5.75 Å². The molecule has 0 aliphatic heterocycles. The van der Waals surface area contributed by atoms with Crippen molar-refractivity contribution in [1.29, 1.82) is 0 Å². The Hall–Kier alpha value is -2.15. The molecule has 1 aromatic heterocycles. The van der Waals surface area contributed by atoms with Crippen molar-refractivity contribution >= 4 is 9.84 Å². The number of nitrogens with one attached hydrogen (secondary N) is 1. The average molecular weight is 266 g/mol. The number of aromatic amines is 1. The van der Waals surface area contributed by atoms with Gasteiger partial charge in [0.15, 0.2) is 15.6 Å². The van der Waals surface area contributed by atoms with Gasteiger partial charge in [0.05, 0.1) is 11.1 Å². The lowest BCUT2D eigenvalue weighted by Gasteiger charge is -2.05. The van der Waals surface area contributed by atoms with E-state index in [1.54, 1.807) is 0 Å². The Balaban J connectivity index is 2.24. The van der Waals surface area contributed by atoms with E-state index >= 15 is 0 Å². The van der Waals surface area contributed by atoms with Gasteiger partial charge in [0.2, 0.25) is 0 Å². The minimum atomic E-state index is -3.22. The van der Waals surface area contributed by atoms with Crippen molar-refractivity contribution in [2.45, 2.75) is 4.90 Å². The number of nitrogens with zero attached hydrogens (tertiary/aromatic N) is 1. The van der Waals surface area contributed by atoms with Crippen LogP contribution in [-0.4, -0.2) is 24.9 Å². The standard InChI is InChI=1S/C11H10N2O4S/c1-18(15,16)10-4-2-8(3-5-10)17-9-6-11(14)13-12-7-9/h2-7H,1H3,(H,13,14). The second-order valence-electron chi connectivity index (χ2n) is 3.63. The summed E-state index contributed by atoms with van der Waals surface area (Å²) in [5, 5.41) is 5.80. The van der Waals surface area contributed by atoms with Gasteiger partial charge in [-0.25, -0.2) is 13.5 Å². The van der Waals surface area contributed by atoms with E-state index in [2.05, 4.69) is 10.2 Å². The van der Waals surface area contributed by atoms with Crippen LogP contribution in [0, 0.1) is 0 Å². The van der Waals surface area contributed by atoms with Crippen molar-refractivity contribution in [3.63, 3.8) is 0 Å². The fourth-order valence-electron chi connectivity index (χ4n) is 1.31. The molecule has 2 aromatic rings. The SMILES string of the molecule is CS(=O)(=O)c1ccc(Oc2cn[nH]c(=O)c2)cc1. The van der Waals surface area contributed by atoms with Crippen LogP contribution in [-0.2, 0) is 9.84 Å². The Morgan fingerprint density at radius 1 is 1.17 bits per heavy atom. The lowest BCUT2D eigenvalue weighted by Crippen LogP contribution is -2.05. The summed E-state index contributed by atoms with van der Waals surface area (Å²) in [7, 11) is -3.22. The average Bonchev–Trinajstić information content (AvgIpc) is 2.28. The molecule has 0 atom stereocenters. The van der Waals surface area contributed by atoms with Gasteiger partial charge in [-0.2, -0.15) is 5.10 Å². The molecule has 18 heavy (non-hydrogen) atoms. The van der Waals surface area contributed by atoms with E-state index in [4.69, 9.17) is 4.74 Å². The molecule has 0 unspecified atom stereocenters. The van der Waals surface area contributed by atoms with Gasteiger partial charge in [-0.3, -0.25) is 4.79 Å². The molecule has 0 bridgehead atoms. The van der Waals surface area contributed by atoms with Gasteiger partial charge in [0, 0.05) is 12.3 Å². The number of ether oxygens (including phenoxy) is 1. The van der Waals surface area contributed by atoms with Crippen LogP contribution in [0.2, 0.25) is 0 Å². The van der Waals surface area contributed by atoms with Crippen LogP contribution in [0.1, 0.15) is 0 Å². The first kappa shape index (κ1) is 12.3. The summed E-state index contributed by atoms with van der Waals surface area (Å²) < 4.78 is 27.9. The van der Waals surface area contributed by atoms with E-state index in [1.807, 2.05) is 0 Å². The van der Waals surface area contributed by atoms with Gasteiger partial charge < -0.3 is 4.74 Å². The molecule has 1 aromatic carbocycles. The normalized spacial score (nSPS) is 11.2. The second-order valence-corrected chi connectivity index (χ2v) is 5.64. The van der Waals surface area contributed by atoms with E-state index in [9.17, 15) is 13.2 Å². The molecule has 7 heteroatoms. The highest BCUT2D eigenvalue weighted by Gasteiger charge is 2.06. The summed E-state index contributed by atoms with van der Waals surface area (Å²) in [6, 6.07) is 7.14. The van der Waals surface area contributed by atoms with Crippen LogP contribution >= 0.6 is 0 Å². The summed E-state index contributed by atoms with van der Waals surface area (Å²) in [4.78, 5) is 11.2. The summed E-state index contributed by atoms with van der Waals surface area (Å²) in [6.07, 6.45) is 2.48. The molecule has 0 aliphatic carbocycles. The first-order valence-electron chi connectivity index (χ1n) is 4.98. The van der Waals surface area contributed by atoms with Gasteiger partial charge in [-0.05, 0) is 24.3 Å². The third-order valence-corrected chi connectivity index (χ3v) is 3.26.